The van der Waals surface area contributed by atoms with Crippen LogP contribution in [0.3, 0.4) is 0 Å². The Morgan fingerprint density at radius 1 is 1.03 bits per heavy atom. The van der Waals surface area contributed by atoms with E-state index in [9.17, 15) is 13.2 Å². The van der Waals surface area contributed by atoms with Crippen LogP contribution in [0.1, 0.15) is 43.0 Å². The smallest absolute Gasteiger partial charge is 0.262 e. The van der Waals surface area contributed by atoms with Crippen molar-refractivity contribution in [2.45, 2.75) is 37.5 Å². The maximum Gasteiger partial charge on any atom is 0.262 e. The van der Waals surface area contributed by atoms with E-state index in [0.29, 0.717) is 31.3 Å². The number of unbranched alkanes of at least 4 members (excludes halogenated alkanes) is 1. The van der Waals surface area contributed by atoms with Crippen LogP contribution in [0.4, 0.5) is 5.69 Å². The van der Waals surface area contributed by atoms with Gasteiger partial charge in [0.05, 0.1) is 16.1 Å². The number of rotatable bonds is 9. The Bertz CT molecular complexity index is 1100. The molecule has 2 aliphatic heterocycles. The van der Waals surface area contributed by atoms with E-state index in [4.69, 9.17) is 9.47 Å². The fourth-order valence-corrected chi connectivity index (χ4v) is 5.30. The average Bonchev–Trinajstić information content (AvgIpc) is 2.84. The molecular formula is C25H33N3O5S. The van der Waals surface area contributed by atoms with Crippen LogP contribution in [-0.2, 0) is 10.0 Å². The number of sulfonamides is 1. The number of hydrogen-bond acceptors (Lipinski definition) is 6. The second kappa shape index (κ2) is 11.1. The monoisotopic (exact) mass is 487 g/mol. The zero-order valence-electron chi connectivity index (χ0n) is 19.6. The molecule has 1 saturated heterocycles. The topological polar surface area (TPSA) is 97.0 Å². The molecule has 0 spiro atoms. The number of carbonyl (C=O) groups excluding carboxylic acids is 1. The lowest BCUT2D eigenvalue weighted by Gasteiger charge is -2.30. The molecule has 0 unspecified atom stereocenters. The number of nitrogens with zero attached hydrogens (tertiary/aromatic N) is 1. The van der Waals surface area contributed by atoms with Crippen LogP contribution in [0.5, 0.6) is 11.5 Å². The Kier molecular flexibility index (Phi) is 7.95. The van der Waals surface area contributed by atoms with Crippen molar-refractivity contribution in [2.75, 3.05) is 44.1 Å². The van der Waals surface area contributed by atoms with E-state index in [2.05, 4.69) is 21.9 Å². The first-order chi connectivity index (χ1) is 16.4. The summed E-state index contributed by atoms with van der Waals surface area (Å²) in [5.41, 5.74) is 0.519. The third-order valence-electron chi connectivity index (χ3n) is 6.30. The van der Waals surface area contributed by atoms with Crippen molar-refractivity contribution in [3.05, 3.63) is 48.0 Å². The highest BCUT2D eigenvalue weighted by Crippen LogP contribution is 2.33. The van der Waals surface area contributed by atoms with Crippen molar-refractivity contribution in [1.82, 2.24) is 10.2 Å². The normalized spacial score (nSPS) is 16.7. The molecule has 0 bridgehead atoms. The van der Waals surface area contributed by atoms with Gasteiger partial charge in [-0.2, -0.15) is 0 Å². The van der Waals surface area contributed by atoms with E-state index in [1.165, 1.54) is 25.0 Å². The van der Waals surface area contributed by atoms with Gasteiger partial charge in [-0.3, -0.25) is 9.52 Å². The first-order valence-corrected chi connectivity index (χ1v) is 13.4. The zero-order chi connectivity index (χ0) is 24.0. The average molecular weight is 488 g/mol. The first kappa shape index (κ1) is 24.3. The third-order valence-corrected chi connectivity index (χ3v) is 7.67. The van der Waals surface area contributed by atoms with E-state index in [1.54, 1.807) is 30.3 Å². The lowest BCUT2D eigenvalue weighted by molar-refractivity contribution is 0.0953. The predicted molar refractivity (Wildman–Crippen MR) is 131 cm³/mol. The fourth-order valence-electron chi connectivity index (χ4n) is 4.21. The second-order valence-corrected chi connectivity index (χ2v) is 10.6. The number of para-hydroxylation sites is 1. The van der Waals surface area contributed by atoms with Crippen LogP contribution < -0.4 is 19.5 Å². The molecule has 0 aromatic heterocycles. The predicted octanol–water partition coefficient (Wildman–Crippen LogP) is 3.50. The summed E-state index contributed by atoms with van der Waals surface area (Å²) in [6.07, 6.45) is 4.42. The third kappa shape index (κ3) is 6.21. The Labute approximate surface area is 201 Å². The van der Waals surface area contributed by atoms with Crippen LogP contribution >= 0.6 is 0 Å². The number of fused-ring (bicyclic) bond motifs is 1. The Morgan fingerprint density at radius 2 is 1.76 bits per heavy atom. The van der Waals surface area contributed by atoms with Gasteiger partial charge in [-0.05, 0) is 75.5 Å². The second-order valence-electron chi connectivity index (χ2n) is 8.94. The first-order valence-electron chi connectivity index (χ1n) is 11.9. The van der Waals surface area contributed by atoms with E-state index in [-0.39, 0.29) is 22.1 Å². The largest absolute Gasteiger partial charge is 0.486 e. The molecule has 0 radical (unpaired) electrons. The SMILES string of the molecule is CC1CCN(CCCCNC(=O)c2ccccc2NS(=O)(=O)c2ccc3c(c2)OCCO3)CC1. The molecule has 0 aliphatic carbocycles. The van der Waals surface area contributed by atoms with Crippen LogP contribution in [0.25, 0.3) is 0 Å². The maximum absolute atomic E-state index is 13.0. The summed E-state index contributed by atoms with van der Waals surface area (Å²) in [6, 6.07) is 11.1. The quantitative estimate of drug-likeness (QED) is 0.526. The summed E-state index contributed by atoms with van der Waals surface area (Å²) < 4.78 is 39.5. The summed E-state index contributed by atoms with van der Waals surface area (Å²) in [7, 11) is -3.92. The maximum atomic E-state index is 13.0. The Balaban J connectivity index is 1.32. The van der Waals surface area contributed by atoms with Crippen molar-refractivity contribution < 1.29 is 22.7 Å². The van der Waals surface area contributed by atoms with Gasteiger partial charge in [-0.1, -0.05) is 19.1 Å². The van der Waals surface area contributed by atoms with Crippen molar-refractivity contribution in [3.8, 4) is 11.5 Å². The highest BCUT2D eigenvalue weighted by molar-refractivity contribution is 7.92. The van der Waals surface area contributed by atoms with Gasteiger partial charge in [0.2, 0.25) is 0 Å². The van der Waals surface area contributed by atoms with Gasteiger partial charge >= 0.3 is 0 Å². The molecule has 0 saturated carbocycles. The lowest BCUT2D eigenvalue weighted by atomic mass is 9.99. The molecule has 8 nitrogen and oxygen atoms in total. The highest BCUT2D eigenvalue weighted by Gasteiger charge is 2.22. The van der Waals surface area contributed by atoms with Gasteiger partial charge < -0.3 is 19.7 Å². The molecule has 1 amide bonds. The molecule has 34 heavy (non-hydrogen) atoms. The number of likely N-dealkylation sites (tertiary alicyclic amines) is 1. The van der Waals surface area contributed by atoms with Gasteiger partial charge in [0.15, 0.2) is 11.5 Å². The lowest BCUT2D eigenvalue weighted by Crippen LogP contribution is -2.34. The minimum atomic E-state index is -3.92. The van der Waals surface area contributed by atoms with Gasteiger partial charge in [0, 0.05) is 12.6 Å². The summed E-state index contributed by atoms with van der Waals surface area (Å²) in [5.74, 6) is 1.42. The van der Waals surface area contributed by atoms with Crippen molar-refractivity contribution in [1.29, 1.82) is 0 Å². The molecule has 2 aliphatic rings. The van der Waals surface area contributed by atoms with Gasteiger partial charge in [-0.15, -0.1) is 0 Å². The molecule has 2 aromatic carbocycles. The molecule has 2 N–H and O–H groups in total. The summed E-state index contributed by atoms with van der Waals surface area (Å²) in [4.78, 5) is 15.3. The minimum Gasteiger partial charge on any atom is -0.486 e. The van der Waals surface area contributed by atoms with Crippen LogP contribution in [0, 0.1) is 5.92 Å². The standard InChI is InChI=1S/C25H33N3O5S/c1-19-10-14-28(15-11-19)13-5-4-12-26-25(29)21-6-2-3-7-22(21)27-34(30,31)20-8-9-23-24(18-20)33-17-16-32-23/h2-3,6-9,18-19,27H,4-5,10-17H2,1H3,(H,26,29). The zero-order valence-corrected chi connectivity index (χ0v) is 20.4. The number of nitrogens with one attached hydrogen (secondary N) is 2. The number of piperidine rings is 1. The molecule has 1 fully saturated rings. The molecular weight excluding hydrogens is 454 g/mol. The van der Waals surface area contributed by atoms with E-state index >= 15 is 0 Å². The van der Waals surface area contributed by atoms with Gasteiger partial charge in [0.25, 0.3) is 15.9 Å². The fraction of sp³-hybridized carbons (Fsp3) is 0.480. The van der Waals surface area contributed by atoms with E-state index < -0.39 is 10.0 Å². The van der Waals surface area contributed by atoms with Crippen LogP contribution in [0.2, 0.25) is 0 Å². The van der Waals surface area contributed by atoms with Crippen molar-refractivity contribution in [3.63, 3.8) is 0 Å². The Morgan fingerprint density at radius 3 is 2.56 bits per heavy atom. The summed E-state index contributed by atoms with van der Waals surface area (Å²) in [5, 5.41) is 2.92. The molecule has 2 aromatic rings. The summed E-state index contributed by atoms with van der Waals surface area (Å²) in [6.45, 7) is 7.01. The number of ether oxygens (including phenoxy) is 2. The molecule has 9 heteroatoms. The molecule has 0 atom stereocenters. The number of hydrogen-bond donors (Lipinski definition) is 2. The molecule has 4 rings (SSSR count). The number of amides is 1. The summed E-state index contributed by atoms with van der Waals surface area (Å²) >= 11 is 0. The van der Waals surface area contributed by atoms with Crippen molar-refractivity contribution >= 4 is 21.6 Å². The molecule has 184 valence electrons. The van der Waals surface area contributed by atoms with Crippen molar-refractivity contribution in [2.24, 2.45) is 5.92 Å². The van der Waals surface area contributed by atoms with E-state index in [1.807, 2.05) is 0 Å². The number of anilines is 1. The van der Waals surface area contributed by atoms with E-state index in [0.717, 1.165) is 38.4 Å². The number of carbonyl (C=O) groups is 1. The van der Waals surface area contributed by atoms with Crippen LogP contribution in [-0.4, -0.2) is 58.6 Å². The Hall–Kier alpha value is -2.78. The molecule has 2 heterocycles. The number of benzene rings is 2. The highest BCUT2D eigenvalue weighted by atomic mass is 32.2. The van der Waals surface area contributed by atoms with Gasteiger partial charge in [0.1, 0.15) is 13.2 Å². The van der Waals surface area contributed by atoms with Crippen LogP contribution in [0.15, 0.2) is 47.4 Å². The minimum absolute atomic E-state index is 0.0408. The van der Waals surface area contributed by atoms with Gasteiger partial charge in [-0.25, -0.2) is 8.42 Å².